The van der Waals surface area contributed by atoms with Crippen molar-refractivity contribution in [3.63, 3.8) is 0 Å². The lowest BCUT2D eigenvalue weighted by atomic mass is 10.0. The second-order valence-electron chi connectivity index (χ2n) is 10.9. The Bertz CT molecular complexity index is 843. The number of azide groups is 1. The maximum absolute atomic E-state index is 12.2. The van der Waals surface area contributed by atoms with E-state index in [2.05, 4.69) is 20.7 Å². The molecule has 0 aliphatic rings. The standard InChI is InChI=1S/C31H57N5O10/c32-36-34-18-20-44-22-24-46-26-25-45-23-21-43-19-17-33-28(37)16-15-27(31(41)42)35-29(38)13-11-9-7-5-3-1-2-4-6-8-10-12-14-30(39)40/h27H,1-26H2,(H,33,37)(H,35,38)(H,39,40)(H,41,42). The number of carbonyl (C=O) groups excluding carboxylic acids is 2. The predicted molar refractivity (Wildman–Crippen MR) is 171 cm³/mol. The van der Waals surface area contributed by atoms with Gasteiger partial charge in [0.25, 0.3) is 0 Å². The highest BCUT2D eigenvalue weighted by atomic mass is 16.6. The Morgan fingerprint density at radius 2 is 1.07 bits per heavy atom. The highest BCUT2D eigenvalue weighted by Crippen LogP contribution is 2.13. The average Bonchev–Trinajstić information content (AvgIpc) is 3.02. The second-order valence-corrected chi connectivity index (χ2v) is 10.9. The molecule has 0 saturated heterocycles. The summed E-state index contributed by atoms with van der Waals surface area (Å²) in [6, 6.07) is -1.11. The Morgan fingerprint density at radius 3 is 1.54 bits per heavy atom. The zero-order chi connectivity index (χ0) is 33.9. The first-order valence-electron chi connectivity index (χ1n) is 16.7. The zero-order valence-electron chi connectivity index (χ0n) is 27.5. The molecule has 0 aromatic rings. The summed E-state index contributed by atoms with van der Waals surface area (Å²) in [4.78, 5) is 49.0. The quantitative estimate of drug-likeness (QED) is 0.0326. The lowest BCUT2D eigenvalue weighted by Gasteiger charge is -2.14. The first-order valence-corrected chi connectivity index (χ1v) is 16.7. The van der Waals surface area contributed by atoms with Gasteiger partial charge < -0.3 is 39.8 Å². The van der Waals surface area contributed by atoms with Crippen molar-refractivity contribution in [1.82, 2.24) is 10.6 Å². The third kappa shape index (κ3) is 32.4. The molecule has 266 valence electrons. The molecule has 15 heteroatoms. The molecule has 1 atom stereocenters. The molecule has 0 saturated carbocycles. The summed E-state index contributed by atoms with van der Waals surface area (Å²) in [5.74, 6) is -2.51. The van der Waals surface area contributed by atoms with Gasteiger partial charge in [0.1, 0.15) is 6.04 Å². The minimum Gasteiger partial charge on any atom is -0.481 e. The van der Waals surface area contributed by atoms with Gasteiger partial charge in [0, 0.05) is 37.3 Å². The number of ether oxygens (including phenoxy) is 4. The first-order chi connectivity index (χ1) is 22.4. The van der Waals surface area contributed by atoms with E-state index in [1.54, 1.807) is 0 Å². The van der Waals surface area contributed by atoms with Crippen LogP contribution in [0.3, 0.4) is 0 Å². The molecule has 0 spiro atoms. The minimum atomic E-state index is -1.16. The summed E-state index contributed by atoms with van der Waals surface area (Å²) in [6.45, 7) is 3.59. The maximum Gasteiger partial charge on any atom is 0.326 e. The number of nitrogens with one attached hydrogen (secondary N) is 2. The van der Waals surface area contributed by atoms with E-state index in [4.69, 9.17) is 29.6 Å². The predicted octanol–water partition coefficient (Wildman–Crippen LogP) is 4.37. The molecule has 2 amide bonds. The van der Waals surface area contributed by atoms with Gasteiger partial charge in [0.05, 0.1) is 52.9 Å². The van der Waals surface area contributed by atoms with Crippen LogP contribution in [0.15, 0.2) is 5.11 Å². The van der Waals surface area contributed by atoms with Crippen LogP contribution in [-0.2, 0) is 38.1 Å². The number of hydrogen-bond donors (Lipinski definition) is 4. The van der Waals surface area contributed by atoms with E-state index >= 15 is 0 Å². The van der Waals surface area contributed by atoms with Crippen molar-refractivity contribution in [1.29, 1.82) is 0 Å². The van der Waals surface area contributed by atoms with Crippen molar-refractivity contribution >= 4 is 23.8 Å². The fourth-order valence-electron chi connectivity index (χ4n) is 4.39. The number of carbonyl (C=O) groups is 4. The van der Waals surface area contributed by atoms with E-state index in [9.17, 15) is 24.3 Å². The summed E-state index contributed by atoms with van der Waals surface area (Å²) in [5.41, 5.74) is 8.14. The molecule has 0 aromatic heterocycles. The van der Waals surface area contributed by atoms with Crippen molar-refractivity contribution in [3.05, 3.63) is 10.4 Å². The molecule has 0 aliphatic carbocycles. The summed E-state index contributed by atoms with van der Waals surface area (Å²) in [7, 11) is 0. The summed E-state index contributed by atoms with van der Waals surface area (Å²) < 4.78 is 21.3. The van der Waals surface area contributed by atoms with E-state index in [1.165, 1.54) is 19.3 Å². The molecule has 1 unspecified atom stereocenters. The molecule has 0 fully saturated rings. The zero-order valence-corrected chi connectivity index (χ0v) is 27.5. The van der Waals surface area contributed by atoms with Crippen LogP contribution < -0.4 is 10.6 Å². The number of unbranched alkanes of at least 4 members (excludes halogenated alkanes) is 11. The van der Waals surface area contributed by atoms with Crippen molar-refractivity contribution in [2.75, 3.05) is 65.9 Å². The lowest BCUT2D eigenvalue weighted by molar-refractivity contribution is -0.142. The van der Waals surface area contributed by atoms with E-state index < -0.39 is 18.0 Å². The maximum atomic E-state index is 12.2. The fraction of sp³-hybridized carbons (Fsp3) is 0.871. The van der Waals surface area contributed by atoms with Crippen LogP contribution in [0.2, 0.25) is 0 Å². The Hall–Kier alpha value is -2.97. The molecule has 0 aliphatic heterocycles. The van der Waals surface area contributed by atoms with E-state index in [-0.39, 0.29) is 50.6 Å². The highest BCUT2D eigenvalue weighted by molar-refractivity contribution is 5.84. The molecule has 0 aromatic carbocycles. The molecule has 0 heterocycles. The molecule has 0 rings (SSSR count). The minimum absolute atomic E-state index is 0.00782. The monoisotopic (exact) mass is 659 g/mol. The number of hydrogen-bond acceptors (Lipinski definition) is 9. The lowest BCUT2D eigenvalue weighted by Crippen LogP contribution is -2.41. The Morgan fingerprint density at radius 1 is 0.609 bits per heavy atom. The SMILES string of the molecule is [N-]=[N+]=NCCOCCOCCOCCOCCNC(=O)CCC(NC(=O)CCCCCCCCCCCCCCC(=O)O)C(=O)O. The van der Waals surface area contributed by atoms with Gasteiger partial charge in [0.2, 0.25) is 11.8 Å². The Balaban J connectivity index is 3.63. The first kappa shape index (κ1) is 43.0. The van der Waals surface area contributed by atoms with Gasteiger partial charge in [0.15, 0.2) is 0 Å². The van der Waals surface area contributed by atoms with E-state index in [1.807, 2.05) is 0 Å². The second kappa shape index (κ2) is 33.4. The Labute approximate surface area is 273 Å². The van der Waals surface area contributed by atoms with Crippen molar-refractivity contribution in [2.45, 2.75) is 109 Å². The topological polar surface area (TPSA) is 218 Å². The van der Waals surface area contributed by atoms with E-state index in [0.29, 0.717) is 59.2 Å². The van der Waals surface area contributed by atoms with Crippen LogP contribution in [-0.4, -0.2) is 106 Å². The number of carboxylic acid groups (broad SMARTS) is 2. The highest BCUT2D eigenvalue weighted by Gasteiger charge is 2.20. The third-order valence-electron chi connectivity index (χ3n) is 6.92. The number of carboxylic acids is 2. The number of aliphatic carboxylic acids is 2. The summed E-state index contributed by atoms with van der Waals surface area (Å²) >= 11 is 0. The normalized spacial score (nSPS) is 11.5. The largest absolute Gasteiger partial charge is 0.481 e. The third-order valence-corrected chi connectivity index (χ3v) is 6.92. The van der Waals surface area contributed by atoms with E-state index in [0.717, 1.165) is 51.4 Å². The average molecular weight is 660 g/mol. The van der Waals surface area contributed by atoms with Gasteiger partial charge in [-0.3, -0.25) is 14.4 Å². The Kier molecular flexibility index (Phi) is 31.2. The smallest absolute Gasteiger partial charge is 0.326 e. The van der Waals surface area contributed by atoms with Gasteiger partial charge >= 0.3 is 11.9 Å². The van der Waals surface area contributed by atoms with Crippen LogP contribution in [0.1, 0.15) is 103 Å². The molecule has 15 nitrogen and oxygen atoms in total. The fourth-order valence-corrected chi connectivity index (χ4v) is 4.39. The summed E-state index contributed by atoms with van der Waals surface area (Å²) in [5, 5.41) is 26.6. The molecular weight excluding hydrogens is 602 g/mol. The molecule has 4 N–H and O–H groups in total. The molecule has 0 radical (unpaired) electrons. The molecule has 46 heavy (non-hydrogen) atoms. The van der Waals surface area contributed by atoms with Crippen LogP contribution in [0, 0.1) is 0 Å². The number of nitrogens with zero attached hydrogens (tertiary/aromatic N) is 3. The molecule has 0 bridgehead atoms. The number of amides is 2. The van der Waals surface area contributed by atoms with Crippen molar-refractivity contribution < 1.29 is 48.3 Å². The van der Waals surface area contributed by atoms with Crippen molar-refractivity contribution in [2.24, 2.45) is 5.11 Å². The van der Waals surface area contributed by atoms with Crippen molar-refractivity contribution in [3.8, 4) is 0 Å². The van der Waals surface area contributed by atoms with Crippen LogP contribution in [0.4, 0.5) is 0 Å². The van der Waals surface area contributed by atoms with Crippen LogP contribution in [0.25, 0.3) is 10.4 Å². The molecular formula is C31H57N5O10. The van der Waals surface area contributed by atoms with Gasteiger partial charge in [-0.05, 0) is 24.8 Å². The summed E-state index contributed by atoms with van der Waals surface area (Å²) in [6.07, 6.45) is 13.0. The van der Waals surface area contributed by atoms with Gasteiger partial charge in [-0.1, -0.05) is 69.3 Å². The van der Waals surface area contributed by atoms with Crippen LogP contribution >= 0.6 is 0 Å². The van der Waals surface area contributed by atoms with Gasteiger partial charge in [-0.15, -0.1) is 0 Å². The van der Waals surface area contributed by atoms with Crippen LogP contribution in [0.5, 0.6) is 0 Å². The van der Waals surface area contributed by atoms with Gasteiger partial charge in [-0.25, -0.2) is 4.79 Å². The number of rotatable bonds is 35. The van der Waals surface area contributed by atoms with Gasteiger partial charge in [-0.2, -0.15) is 0 Å².